The number of likely N-dealkylation sites (tertiary alicyclic amines) is 1. The van der Waals surface area contributed by atoms with Gasteiger partial charge in [-0.1, -0.05) is 0 Å². The van der Waals surface area contributed by atoms with Crippen LogP contribution in [0, 0.1) is 5.92 Å². The molecule has 2 aliphatic rings. The van der Waals surface area contributed by atoms with Crippen molar-refractivity contribution in [2.24, 2.45) is 5.92 Å². The molecular weight excluding hydrogens is 269 g/mol. The maximum atomic E-state index is 12.3. The number of hydrogen-bond acceptors (Lipinski definition) is 3. The van der Waals surface area contributed by atoms with Crippen molar-refractivity contribution in [1.82, 2.24) is 10.2 Å². The number of alkyl halides is 3. The molecular formula is C14H25F3N2O. The van der Waals surface area contributed by atoms with Gasteiger partial charge in [0.2, 0.25) is 0 Å². The van der Waals surface area contributed by atoms with E-state index < -0.39 is 12.7 Å². The first-order chi connectivity index (χ1) is 9.44. The normalized spacial score (nSPS) is 25.8. The van der Waals surface area contributed by atoms with E-state index in [1.165, 1.54) is 4.90 Å². The number of ether oxygens (including phenoxy) is 1. The van der Waals surface area contributed by atoms with Crippen LogP contribution in [0.5, 0.6) is 0 Å². The van der Waals surface area contributed by atoms with Crippen molar-refractivity contribution in [3.8, 4) is 0 Å². The zero-order chi connectivity index (χ0) is 14.6. The molecule has 0 aromatic carbocycles. The Bertz CT molecular complexity index is 285. The van der Waals surface area contributed by atoms with Crippen LogP contribution in [-0.2, 0) is 4.74 Å². The highest BCUT2D eigenvalue weighted by Crippen LogP contribution is 2.22. The lowest BCUT2D eigenvalue weighted by molar-refractivity contribution is -0.148. The number of rotatable bonds is 4. The van der Waals surface area contributed by atoms with Gasteiger partial charge in [-0.25, -0.2) is 0 Å². The molecule has 1 N–H and O–H groups in total. The second kappa shape index (κ2) is 7.09. The number of nitrogens with zero attached hydrogens (tertiary/aromatic N) is 1. The molecule has 0 aromatic heterocycles. The molecule has 3 nitrogen and oxygen atoms in total. The lowest BCUT2D eigenvalue weighted by Gasteiger charge is -2.36. The summed E-state index contributed by atoms with van der Waals surface area (Å²) in [6.07, 6.45) is -0.287. The molecule has 1 unspecified atom stereocenters. The first-order valence-corrected chi connectivity index (χ1v) is 7.57. The molecule has 2 fully saturated rings. The highest BCUT2D eigenvalue weighted by molar-refractivity contribution is 4.83. The summed E-state index contributed by atoms with van der Waals surface area (Å²) in [5, 5.41) is 3.61. The van der Waals surface area contributed by atoms with Crippen LogP contribution in [-0.4, -0.2) is 56.0 Å². The van der Waals surface area contributed by atoms with Crippen molar-refractivity contribution < 1.29 is 17.9 Å². The van der Waals surface area contributed by atoms with Gasteiger partial charge in [0, 0.05) is 25.3 Å². The van der Waals surface area contributed by atoms with E-state index in [1.54, 1.807) is 0 Å². The Kier molecular flexibility index (Phi) is 5.69. The van der Waals surface area contributed by atoms with Crippen molar-refractivity contribution in [3.05, 3.63) is 0 Å². The quantitative estimate of drug-likeness (QED) is 0.862. The summed E-state index contributed by atoms with van der Waals surface area (Å²) in [5.74, 6) is 0.636. The van der Waals surface area contributed by atoms with Crippen LogP contribution in [0.3, 0.4) is 0 Å². The van der Waals surface area contributed by atoms with Crippen LogP contribution in [0.1, 0.15) is 32.6 Å². The molecule has 1 atom stereocenters. The third kappa shape index (κ3) is 5.22. The van der Waals surface area contributed by atoms with Gasteiger partial charge in [-0.05, 0) is 51.6 Å². The second-order valence-electron chi connectivity index (χ2n) is 6.07. The van der Waals surface area contributed by atoms with Crippen LogP contribution in [0.4, 0.5) is 13.2 Å². The Hall–Kier alpha value is -0.330. The van der Waals surface area contributed by atoms with Crippen LogP contribution < -0.4 is 5.32 Å². The smallest absolute Gasteiger partial charge is 0.381 e. The van der Waals surface area contributed by atoms with Gasteiger partial charge in [0.25, 0.3) is 0 Å². The molecule has 0 spiro atoms. The summed E-state index contributed by atoms with van der Waals surface area (Å²) < 4.78 is 42.3. The monoisotopic (exact) mass is 294 g/mol. The fourth-order valence-corrected chi connectivity index (χ4v) is 3.23. The largest absolute Gasteiger partial charge is 0.401 e. The van der Waals surface area contributed by atoms with Crippen molar-refractivity contribution in [2.45, 2.75) is 50.9 Å². The Morgan fingerprint density at radius 3 is 2.30 bits per heavy atom. The van der Waals surface area contributed by atoms with E-state index in [4.69, 9.17) is 4.74 Å². The van der Waals surface area contributed by atoms with Gasteiger partial charge in [0.1, 0.15) is 0 Å². The minimum absolute atomic E-state index is 0.359. The van der Waals surface area contributed by atoms with Crippen molar-refractivity contribution >= 4 is 0 Å². The molecule has 118 valence electrons. The van der Waals surface area contributed by atoms with Gasteiger partial charge in [-0.15, -0.1) is 0 Å². The summed E-state index contributed by atoms with van der Waals surface area (Å²) in [4.78, 5) is 1.51. The molecule has 0 bridgehead atoms. The van der Waals surface area contributed by atoms with E-state index in [2.05, 4.69) is 12.2 Å². The molecule has 2 rings (SSSR count). The topological polar surface area (TPSA) is 24.5 Å². The Morgan fingerprint density at radius 2 is 1.75 bits per heavy atom. The first-order valence-electron chi connectivity index (χ1n) is 7.57. The van der Waals surface area contributed by atoms with Crippen LogP contribution in [0.15, 0.2) is 0 Å². The van der Waals surface area contributed by atoms with Crippen LogP contribution in [0.2, 0.25) is 0 Å². The number of halogens is 3. The zero-order valence-electron chi connectivity index (χ0n) is 12.1. The molecule has 2 aliphatic heterocycles. The molecule has 2 heterocycles. The zero-order valence-corrected chi connectivity index (χ0v) is 12.1. The molecule has 2 saturated heterocycles. The van der Waals surface area contributed by atoms with E-state index in [9.17, 15) is 13.2 Å². The van der Waals surface area contributed by atoms with Crippen LogP contribution in [0.25, 0.3) is 0 Å². The number of hydrogen-bond donors (Lipinski definition) is 1. The highest BCUT2D eigenvalue weighted by Gasteiger charge is 2.33. The van der Waals surface area contributed by atoms with Gasteiger partial charge < -0.3 is 10.1 Å². The van der Waals surface area contributed by atoms with Gasteiger partial charge in [0.15, 0.2) is 0 Å². The maximum Gasteiger partial charge on any atom is 0.401 e. The Balaban J connectivity index is 1.68. The molecule has 20 heavy (non-hydrogen) atoms. The SMILES string of the molecule is CC(NC1CCN(CC(F)(F)F)CC1)C1CCOCC1. The standard InChI is InChI=1S/C14H25F3N2O/c1-11(12-4-8-20-9-5-12)18-13-2-6-19(7-3-13)10-14(15,16)17/h11-13,18H,2-10H2,1H3. The predicted octanol–water partition coefficient (Wildman–Crippen LogP) is 2.42. The van der Waals surface area contributed by atoms with Crippen molar-refractivity contribution in [2.75, 3.05) is 32.8 Å². The lowest BCUT2D eigenvalue weighted by Crippen LogP contribution is -2.49. The molecule has 0 aromatic rings. The van der Waals surface area contributed by atoms with Gasteiger partial charge >= 0.3 is 6.18 Å². The molecule has 0 amide bonds. The number of piperidine rings is 1. The summed E-state index contributed by atoms with van der Waals surface area (Å²) in [6, 6.07) is 0.787. The Labute approximate surface area is 118 Å². The predicted molar refractivity (Wildman–Crippen MR) is 71.7 cm³/mol. The van der Waals surface area contributed by atoms with Gasteiger partial charge in [-0.3, -0.25) is 4.90 Å². The maximum absolute atomic E-state index is 12.3. The molecule has 6 heteroatoms. The van der Waals surface area contributed by atoms with Crippen molar-refractivity contribution in [1.29, 1.82) is 0 Å². The number of nitrogens with one attached hydrogen (secondary N) is 1. The lowest BCUT2D eigenvalue weighted by atomic mass is 9.91. The highest BCUT2D eigenvalue weighted by atomic mass is 19.4. The molecule has 0 radical (unpaired) electrons. The van der Waals surface area contributed by atoms with E-state index in [0.717, 1.165) is 38.9 Å². The first kappa shape index (κ1) is 16.0. The van der Waals surface area contributed by atoms with Crippen LogP contribution >= 0.6 is 0 Å². The third-order valence-electron chi connectivity index (χ3n) is 4.46. The van der Waals surface area contributed by atoms with Gasteiger partial charge in [0.05, 0.1) is 6.54 Å². The summed E-state index contributed by atoms with van der Waals surface area (Å²) in [7, 11) is 0. The third-order valence-corrected chi connectivity index (χ3v) is 4.46. The van der Waals surface area contributed by atoms with E-state index >= 15 is 0 Å². The minimum atomic E-state index is -4.07. The second-order valence-corrected chi connectivity index (χ2v) is 6.07. The van der Waals surface area contributed by atoms with Crippen molar-refractivity contribution in [3.63, 3.8) is 0 Å². The summed E-state index contributed by atoms with van der Waals surface area (Å²) in [6.45, 7) is 4.17. The summed E-state index contributed by atoms with van der Waals surface area (Å²) in [5.41, 5.74) is 0. The Morgan fingerprint density at radius 1 is 1.15 bits per heavy atom. The minimum Gasteiger partial charge on any atom is -0.381 e. The fourth-order valence-electron chi connectivity index (χ4n) is 3.23. The molecule has 0 saturated carbocycles. The molecule has 0 aliphatic carbocycles. The average Bonchev–Trinajstić information content (AvgIpc) is 2.40. The fraction of sp³-hybridized carbons (Fsp3) is 1.00. The summed E-state index contributed by atoms with van der Waals surface area (Å²) >= 11 is 0. The van der Waals surface area contributed by atoms with E-state index in [0.29, 0.717) is 31.1 Å². The average molecular weight is 294 g/mol. The van der Waals surface area contributed by atoms with Gasteiger partial charge in [-0.2, -0.15) is 13.2 Å². The van der Waals surface area contributed by atoms with E-state index in [-0.39, 0.29) is 0 Å². The van der Waals surface area contributed by atoms with E-state index in [1.807, 2.05) is 0 Å².